The van der Waals surface area contributed by atoms with Crippen molar-refractivity contribution in [2.45, 2.75) is 27.2 Å². The van der Waals surface area contributed by atoms with E-state index in [4.69, 9.17) is 15.9 Å². The molecular formula is C12H21NO3. The molecule has 1 amide bonds. The van der Waals surface area contributed by atoms with Crippen molar-refractivity contribution in [1.82, 2.24) is 5.32 Å². The molecule has 0 unspecified atom stereocenters. The van der Waals surface area contributed by atoms with Crippen LogP contribution in [0.3, 0.4) is 0 Å². The topological polar surface area (TPSA) is 47.6 Å². The number of rotatable bonds is 6. The van der Waals surface area contributed by atoms with Crippen molar-refractivity contribution in [3.63, 3.8) is 0 Å². The summed E-state index contributed by atoms with van der Waals surface area (Å²) in [5, 5.41) is 2.69. The molecule has 0 aromatic carbocycles. The number of amides is 1. The molecule has 0 rings (SSSR count). The molecule has 0 aromatic heterocycles. The molecule has 92 valence electrons. The largest absolute Gasteiger partial charge is 0.449 e. The second-order valence-corrected chi connectivity index (χ2v) is 4.66. The van der Waals surface area contributed by atoms with Gasteiger partial charge in [-0.3, -0.25) is 0 Å². The van der Waals surface area contributed by atoms with Gasteiger partial charge in [-0.05, 0) is 5.41 Å². The van der Waals surface area contributed by atoms with Gasteiger partial charge in [-0.2, -0.15) is 0 Å². The summed E-state index contributed by atoms with van der Waals surface area (Å²) in [5.41, 5.74) is 0.0644. The van der Waals surface area contributed by atoms with Gasteiger partial charge in [0.1, 0.15) is 6.61 Å². The summed E-state index contributed by atoms with van der Waals surface area (Å²) in [4.78, 5) is 11.2. The van der Waals surface area contributed by atoms with Crippen LogP contribution in [0.15, 0.2) is 0 Å². The summed E-state index contributed by atoms with van der Waals surface area (Å²) in [6.07, 6.45) is 5.28. The first kappa shape index (κ1) is 14.8. The van der Waals surface area contributed by atoms with E-state index in [1.165, 1.54) is 0 Å². The van der Waals surface area contributed by atoms with E-state index >= 15 is 0 Å². The SMILES string of the molecule is C#CCOCCCOC(=O)NCC(C)(C)C. The van der Waals surface area contributed by atoms with Crippen molar-refractivity contribution in [2.24, 2.45) is 5.41 Å². The van der Waals surface area contributed by atoms with Crippen LogP contribution in [-0.4, -0.2) is 32.5 Å². The van der Waals surface area contributed by atoms with Gasteiger partial charge < -0.3 is 14.8 Å². The van der Waals surface area contributed by atoms with Gasteiger partial charge >= 0.3 is 6.09 Å². The van der Waals surface area contributed by atoms with E-state index in [0.717, 1.165) is 0 Å². The summed E-state index contributed by atoms with van der Waals surface area (Å²) in [5.74, 6) is 2.36. The first-order chi connectivity index (χ1) is 7.45. The lowest BCUT2D eigenvalue weighted by molar-refractivity contribution is 0.113. The molecular weight excluding hydrogens is 206 g/mol. The van der Waals surface area contributed by atoms with Gasteiger partial charge in [0.2, 0.25) is 0 Å². The fraction of sp³-hybridized carbons (Fsp3) is 0.750. The molecule has 0 aliphatic carbocycles. The zero-order valence-electron chi connectivity index (χ0n) is 10.3. The molecule has 0 bridgehead atoms. The van der Waals surface area contributed by atoms with Gasteiger partial charge in [-0.1, -0.05) is 26.7 Å². The number of alkyl carbamates (subject to hydrolysis) is 1. The van der Waals surface area contributed by atoms with Gasteiger partial charge in [-0.25, -0.2) is 4.79 Å². The van der Waals surface area contributed by atoms with Crippen molar-refractivity contribution in [3.8, 4) is 12.3 Å². The lowest BCUT2D eigenvalue weighted by Crippen LogP contribution is -2.32. The molecule has 0 saturated carbocycles. The molecule has 0 saturated heterocycles. The van der Waals surface area contributed by atoms with Crippen LogP contribution < -0.4 is 5.32 Å². The van der Waals surface area contributed by atoms with Crippen LogP contribution in [0.2, 0.25) is 0 Å². The van der Waals surface area contributed by atoms with Crippen LogP contribution >= 0.6 is 0 Å². The number of carbonyl (C=O) groups is 1. The maximum Gasteiger partial charge on any atom is 0.407 e. The van der Waals surface area contributed by atoms with E-state index in [1.807, 2.05) is 20.8 Å². The molecule has 0 radical (unpaired) electrons. The van der Waals surface area contributed by atoms with E-state index in [2.05, 4.69) is 11.2 Å². The van der Waals surface area contributed by atoms with Gasteiger partial charge in [-0.15, -0.1) is 6.42 Å². The Morgan fingerprint density at radius 1 is 1.38 bits per heavy atom. The van der Waals surface area contributed by atoms with Gasteiger partial charge in [0.25, 0.3) is 0 Å². The molecule has 4 nitrogen and oxygen atoms in total. The molecule has 4 heteroatoms. The fourth-order valence-corrected chi connectivity index (χ4v) is 0.845. The number of hydrogen-bond donors (Lipinski definition) is 1. The summed E-state index contributed by atoms with van der Waals surface area (Å²) in [6.45, 7) is 7.88. The third-order valence-corrected chi connectivity index (χ3v) is 1.61. The Morgan fingerprint density at radius 3 is 2.62 bits per heavy atom. The van der Waals surface area contributed by atoms with Crippen molar-refractivity contribution >= 4 is 6.09 Å². The average Bonchev–Trinajstić information content (AvgIpc) is 2.19. The maximum absolute atomic E-state index is 11.2. The van der Waals surface area contributed by atoms with E-state index < -0.39 is 0 Å². The highest BCUT2D eigenvalue weighted by atomic mass is 16.5. The molecule has 0 aliphatic heterocycles. The fourth-order valence-electron chi connectivity index (χ4n) is 0.845. The van der Waals surface area contributed by atoms with Gasteiger partial charge in [0, 0.05) is 13.0 Å². The highest BCUT2D eigenvalue weighted by Crippen LogP contribution is 2.10. The van der Waals surface area contributed by atoms with Crippen LogP contribution in [0, 0.1) is 17.8 Å². The Morgan fingerprint density at radius 2 is 2.06 bits per heavy atom. The second kappa shape index (κ2) is 8.00. The summed E-state index contributed by atoms with van der Waals surface area (Å²) < 4.78 is 9.97. The van der Waals surface area contributed by atoms with Crippen molar-refractivity contribution in [2.75, 3.05) is 26.4 Å². The highest BCUT2D eigenvalue weighted by molar-refractivity contribution is 5.67. The average molecular weight is 227 g/mol. The number of carbonyl (C=O) groups excluding carboxylic acids is 1. The molecule has 1 N–H and O–H groups in total. The second-order valence-electron chi connectivity index (χ2n) is 4.66. The zero-order valence-corrected chi connectivity index (χ0v) is 10.3. The first-order valence-corrected chi connectivity index (χ1v) is 5.37. The minimum absolute atomic E-state index is 0.0644. The number of nitrogens with one attached hydrogen (secondary N) is 1. The maximum atomic E-state index is 11.2. The first-order valence-electron chi connectivity index (χ1n) is 5.37. The minimum Gasteiger partial charge on any atom is -0.449 e. The predicted octanol–water partition coefficient (Wildman–Crippen LogP) is 1.80. The number of terminal acetylenes is 1. The van der Waals surface area contributed by atoms with Crippen molar-refractivity contribution in [1.29, 1.82) is 0 Å². The quantitative estimate of drug-likeness (QED) is 0.556. The summed E-state index contributed by atoms with van der Waals surface area (Å²) in [6, 6.07) is 0. The monoisotopic (exact) mass is 227 g/mol. The van der Waals surface area contributed by atoms with Crippen LogP contribution in [0.25, 0.3) is 0 Å². The molecule has 0 aromatic rings. The normalized spacial score (nSPS) is 10.6. The summed E-state index contributed by atoms with van der Waals surface area (Å²) >= 11 is 0. The summed E-state index contributed by atoms with van der Waals surface area (Å²) in [7, 11) is 0. The van der Waals surface area contributed by atoms with Crippen LogP contribution in [-0.2, 0) is 9.47 Å². The molecule has 0 atom stereocenters. The van der Waals surface area contributed by atoms with E-state index in [0.29, 0.717) is 32.8 Å². The molecule has 0 aliphatic rings. The Hall–Kier alpha value is -1.21. The number of hydrogen-bond acceptors (Lipinski definition) is 3. The van der Waals surface area contributed by atoms with E-state index in [9.17, 15) is 4.79 Å². The van der Waals surface area contributed by atoms with E-state index in [1.54, 1.807) is 0 Å². The Bertz CT molecular complexity index is 238. The van der Waals surface area contributed by atoms with Crippen molar-refractivity contribution in [3.05, 3.63) is 0 Å². The van der Waals surface area contributed by atoms with Gasteiger partial charge in [0.15, 0.2) is 0 Å². The van der Waals surface area contributed by atoms with Crippen LogP contribution in [0.1, 0.15) is 27.2 Å². The predicted molar refractivity (Wildman–Crippen MR) is 63.1 cm³/mol. The van der Waals surface area contributed by atoms with E-state index in [-0.39, 0.29) is 11.5 Å². The Balaban J connectivity index is 3.35. The molecule has 16 heavy (non-hydrogen) atoms. The zero-order chi connectivity index (χ0) is 12.4. The smallest absolute Gasteiger partial charge is 0.407 e. The third-order valence-electron chi connectivity index (χ3n) is 1.61. The Labute approximate surface area is 97.7 Å². The lowest BCUT2D eigenvalue weighted by atomic mass is 9.97. The minimum atomic E-state index is -0.383. The molecule has 0 fully saturated rings. The lowest BCUT2D eigenvalue weighted by Gasteiger charge is -2.18. The molecule has 0 heterocycles. The molecule has 0 spiro atoms. The van der Waals surface area contributed by atoms with Crippen LogP contribution in [0.5, 0.6) is 0 Å². The van der Waals surface area contributed by atoms with Crippen LogP contribution in [0.4, 0.5) is 4.79 Å². The van der Waals surface area contributed by atoms with Gasteiger partial charge in [0.05, 0.1) is 13.2 Å². The standard InChI is InChI=1S/C12H21NO3/c1-5-7-15-8-6-9-16-11(14)13-10-12(2,3)4/h1H,6-10H2,2-4H3,(H,13,14). The highest BCUT2D eigenvalue weighted by Gasteiger charge is 2.11. The van der Waals surface area contributed by atoms with Crippen molar-refractivity contribution < 1.29 is 14.3 Å². The number of ether oxygens (including phenoxy) is 2. The third kappa shape index (κ3) is 10.9. The Kier molecular flexibility index (Phi) is 7.40.